The lowest BCUT2D eigenvalue weighted by molar-refractivity contribution is 0.0628. The van der Waals surface area contributed by atoms with Gasteiger partial charge in [-0.3, -0.25) is 14.7 Å². The number of carbonyl (C=O) groups is 1. The summed E-state index contributed by atoms with van der Waals surface area (Å²) in [6, 6.07) is 17.7. The van der Waals surface area contributed by atoms with E-state index in [9.17, 15) is 13.2 Å². The fourth-order valence-electron chi connectivity index (χ4n) is 4.40. The molecular weight excluding hydrogens is 444 g/mol. The second-order valence-electron chi connectivity index (χ2n) is 8.49. The number of fused-ring (bicyclic) bond motifs is 1. The predicted molar refractivity (Wildman–Crippen MR) is 129 cm³/mol. The number of piperazine rings is 1. The molecule has 1 amide bonds. The normalized spacial score (nSPS) is 24.8. The van der Waals surface area contributed by atoms with Crippen LogP contribution in [0, 0.1) is 0 Å². The van der Waals surface area contributed by atoms with Gasteiger partial charge in [0, 0.05) is 49.2 Å². The summed E-state index contributed by atoms with van der Waals surface area (Å²) < 4.78 is 23.5. The van der Waals surface area contributed by atoms with Gasteiger partial charge in [0.25, 0.3) is 5.91 Å². The first-order chi connectivity index (χ1) is 15.4. The van der Waals surface area contributed by atoms with E-state index in [1.165, 1.54) is 17.3 Å². The second-order valence-corrected chi connectivity index (χ2v) is 11.9. The fraction of sp³-hybridized carbons (Fsp3) is 0.391. The number of benzene rings is 2. The number of rotatable bonds is 4. The van der Waals surface area contributed by atoms with Crippen molar-refractivity contribution in [2.45, 2.75) is 17.8 Å². The molecule has 7 nitrogen and oxygen atoms in total. The quantitative estimate of drug-likeness (QED) is 0.739. The highest BCUT2D eigenvalue weighted by molar-refractivity contribution is 8.15. The molecule has 168 valence electrons. The molecule has 1 N–H and O–H groups in total. The number of amides is 1. The Hall–Kier alpha value is -2.36. The van der Waals surface area contributed by atoms with Crippen LogP contribution in [0.2, 0.25) is 0 Å². The van der Waals surface area contributed by atoms with Crippen LogP contribution in [0.1, 0.15) is 15.9 Å². The Morgan fingerprint density at radius 2 is 1.81 bits per heavy atom. The minimum absolute atomic E-state index is 0.000466. The van der Waals surface area contributed by atoms with Crippen molar-refractivity contribution in [1.82, 2.24) is 9.80 Å². The van der Waals surface area contributed by atoms with Gasteiger partial charge in [0.05, 0.1) is 17.5 Å². The summed E-state index contributed by atoms with van der Waals surface area (Å²) in [6.07, 6.45) is 0. The minimum atomic E-state index is -2.96. The third-order valence-electron chi connectivity index (χ3n) is 6.09. The summed E-state index contributed by atoms with van der Waals surface area (Å²) in [5.74, 6) is 0.355. The van der Waals surface area contributed by atoms with Gasteiger partial charge in [0.15, 0.2) is 15.0 Å². The number of aliphatic imine (C=N–C) groups is 1. The maximum absolute atomic E-state index is 13.1. The molecule has 2 fully saturated rings. The van der Waals surface area contributed by atoms with Crippen molar-refractivity contribution in [3.8, 4) is 0 Å². The van der Waals surface area contributed by atoms with E-state index in [4.69, 9.17) is 0 Å². The number of hydrogen-bond acceptors (Lipinski definition) is 7. The van der Waals surface area contributed by atoms with Crippen LogP contribution in [0.5, 0.6) is 0 Å². The van der Waals surface area contributed by atoms with Gasteiger partial charge >= 0.3 is 0 Å². The van der Waals surface area contributed by atoms with E-state index in [0.29, 0.717) is 18.7 Å². The van der Waals surface area contributed by atoms with E-state index in [0.717, 1.165) is 30.5 Å². The molecule has 2 unspecified atom stereocenters. The van der Waals surface area contributed by atoms with Crippen LogP contribution in [0.15, 0.2) is 59.6 Å². The molecule has 0 bridgehead atoms. The molecular formula is C23H26N4O3S2. The molecule has 2 atom stereocenters. The van der Waals surface area contributed by atoms with Crippen molar-refractivity contribution in [2.75, 3.05) is 43.0 Å². The first-order valence-corrected chi connectivity index (χ1v) is 13.5. The zero-order valence-corrected chi connectivity index (χ0v) is 19.3. The van der Waals surface area contributed by atoms with E-state index in [2.05, 4.69) is 39.5 Å². The topological polar surface area (TPSA) is 82.1 Å². The van der Waals surface area contributed by atoms with Crippen LogP contribution in [-0.2, 0) is 16.4 Å². The van der Waals surface area contributed by atoms with Crippen LogP contribution in [-0.4, -0.2) is 78.3 Å². The molecule has 2 aromatic rings. The maximum Gasteiger partial charge on any atom is 0.254 e. The van der Waals surface area contributed by atoms with E-state index in [-0.39, 0.29) is 28.7 Å². The van der Waals surface area contributed by atoms with Crippen molar-refractivity contribution in [1.29, 1.82) is 0 Å². The Morgan fingerprint density at radius 3 is 2.56 bits per heavy atom. The summed E-state index contributed by atoms with van der Waals surface area (Å²) in [5.41, 5.74) is 2.74. The average Bonchev–Trinajstić information content (AvgIpc) is 3.27. The maximum atomic E-state index is 13.1. The molecule has 0 spiro atoms. The Kier molecular flexibility index (Phi) is 5.96. The number of amidine groups is 1. The summed E-state index contributed by atoms with van der Waals surface area (Å²) >= 11 is 1.48. The number of thioether (sulfide) groups is 1. The lowest BCUT2D eigenvalue weighted by Crippen LogP contribution is -2.48. The third-order valence-corrected chi connectivity index (χ3v) is 9.23. The Morgan fingerprint density at radius 1 is 1.03 bits per heavy atom. The first-order valence-electron chi connectivity index (χ1n) is 10.8. The zero-order valence-electron chi connectivity index (χ0n) is 17.7. The number of anilines is 1. The lowest BCUT2D eigenvalue weighted by atomic mass is 10.1. The Bertz CT molecular complexity index is 1130. The number of nitrogens with one attached hydrogen (secondary N) is 1. The highest BCUT2D eigenvalue weighted by atomic mass is 32.2. The van der Waals surface area contributed by atoms with Crippen molar-refractivity contribution in [3.63, 3.8) is 0 Å². The van der Waals surface area contributed by atoms with Crippen molar-refractivity contribution < 1.29 is 13.2 Å². The van der Waals surface area contributed by atoms with Crippen LogP contribution in [0.25, 0.3) is 0 Å². The van der Waals surface area contributed by atoms with Crippen LogP contribution < -0.4 is 5.32 Å². The van der Waals surface area contributed by atoms with Gasteiger partial charge in [-0.05, 0) is 23.8 Å². The van der Waals surface area contributed by atoms with Crippen LogP contribution >= 0.6 is 11.8 Å². The van der Waals surface area contributed by atoms with E-state index in [1.807, 2.05) is 35.2 Å². The van der Waals surface area contributed by atoms with Gasteiger partial charge in [0.1, 0.15) is 0 Å². The largest absolute Gasteiger partial charge is 0.336 e. The summed E-state index contributed by atoms with van der Waals surface area (Å²) in [4.78, 5) is 21.9. The smallest absolute Gasteiger partial charge is 0.254 e. The number of hydrogen-bond donors (Lipinski definition) is 1. The third kappa shape index (κ3) is 4.84. The molecule has 2 aromatic carbocycles. The predicted octanol–water partition coefficient (Wildman–Crippen LogP) is 2.32. The van der Waals surface area contributed by atoms with Crippen LogP contribution in [0.3, 0.4) is 0 Å². The molecule has 5 rings (SSSR count). The highest BCUT2D eigenvalue weighted by Crippen LogP contribution is 2.34. The monoisotopic (exact) mass is 470 g/mol. The van der Waals surface area contributed by atoms with Gasteiger partial charge in [-0.2, -0.15) is 0 Å². The van der Waals surface area contributed by atoms with Crippen molar-refractivity contribution >= 4 is 38.4 Å². The molecule has 32 heavy (non-hydrogen) atoms. The minimum Gasteiger partial charge on any atom is -0.336 e. The molecule has 0 aromatic heterocycles. The Labute approximate surface area is 192 Å². The number of carbonyl (C=O) groups excluding carboxylic acids is 1. The van der Waals surface area contributed by atoms with Gasteiger partial charge in [-0.1, -0.05) is 48.2 Å². The molecule has 9 heteroatoms. The fourth-order valence-corrected chi connectivity index (χ4v) is 8.08. The van der Waals surface area contributed by atoms with Crippen molar-refractivity contribution in [2.24, 2.45) is 4.99 Å². The summed E-state index contributed by atoms with van der Waals surface area (Å²) in [7, 11) is -2.96. The van der Waals surface area contributed by atoms with E-state index in [1.54, 1.807) is 0 Å². The SMILES string of the molecule is O=C(c1cccc(NC2=NC3CS(=O)(=O)CC3S2)c1)N1CCN(Cc2ccccc2)CC1. The van der Waals surface area contributed by atoms with Gasteiger partial charge in [0.2, 0.25) is 0 Å². The van der Waals surface area contributed by atoms with Crippen molar-refractivity contribution in [3.05, 3.63) is 65.7 Å². The first kappa shape index (κ1) is 21.5. The van der Waals surface area contributed by atoms with Gasteiger partial charge in [-0.25, -0.2) is 8.42 Å². The average molecular weight is 471 g/mol. The lowest BCUT2D eigenvalue weighted by Gasteiger charge is -2.34. The van der Waals surface area contributed by atoms with Gasteiger partial charge in [-0.15, -0.1) is 0 Å². The van der Waals surface area contributed by atoms with E-state index >= 15 is 0 Å². The highest BCUT2D eigenvalue weighted by Gasteiger charge is 2.42. The van der Waals surface area contributed by atoms with E-state index < -0.39 is 9.84 Å². The summed E-state index contributed by atoms with van der Waals surface area (Å²) in [6.45, 7) is 4.05. The molecule has 3 heterocycles. The molecule has 0 aliphatic carbocycles. The molecule has 0 saturated carbocycles. The number of sulfone groups is 1. The van der Waals surface area contributed by atoms with Gasteiger partial charge < -0.3 is 10.2 Å². The van der Waals surface area contributed by atoms with Crippen LogP contribution in [0.4, 0.5) is 5.69 Å². The molecule has 3 aliphatic heterocycles. The Balaban J connectivity index is 1.17. The molecule has 3 aliphatic rings. The zero-order chi connectivity index (χ0) is 22.1. The standard InChI is InChI=1S/C23H26N4O3S2/c28-22(27-11-9-26(10-12-27)14-17-5-2-1-3-6-17)18-7-4-8-19(13-18)24-23-25-20-15-32(29,30)16-21(20)31-23/h1-8,13,20-21H,9-12,14-16H2,(H,24,25). The number of nitrogens with zero attached hydrogens (tertiary/aromatic N) is 3. The summed E-state index contributed by atoms with van der Waals surface area (Å²) in [5, 5.41) is 4.00. The molecule has 2 saturated heterocycles. The second kappa shape index (κ2) is 8.88. The molecule has 0 radical (unpaired) electrons.